The van der Waals surface area contributed by atoms with E-state index >= 15 is 0 Å². The fourth-order valence-electron chi connectivity index (χ4n) is 2.81. The molecule has 1 fully saturated rings. The highest BCUT2D eigenvalue weighted by Crippen LogP contribution is 2.15. The van der Waals surface area contributed by atoms with E-state index in [9.17, 15) is 4.79 Å². The van der Waals surface area contributed by atoms with Crippen LogP contribution in [0.25, 0.3) is 6.08 Å². The van der Waals surface area contributed by atoms with Crippen LogP contribution >= 0.6 is 0 Å². The van der Waals surface area contributed by atoms with Crippen molar-refractivity contribution in [3.8, 4) is 0 Å². The normalized spacial score (nSPS) is 15.8. The third kappa shape index (κ3) is 4.73. The summed E-state index contributed by atoms with van der Waals surface area (Å²) in [6.45, 7) is 5.63. The van der Waals surface area contributed by atoms with Gasteiger partial charge in [-0.15, -0.1) is 0 Å². The second-order valence-corrected chi connectivity index (χ2v) is 5.80. The molecule has 24 heavy (non-hydrogen) atoms. The number of amides is 1. The van der Waals surface area contributed by atoms with Crippen LogP contribution in [0.3, 0.4) is 0 Å². The number of rotatable bonds is 6. The third-order valence-electron chi connectivity index (χ3n) is 4.16. The lowest BCUT2D eigenvalue weighted by molar-refractivity contribution is -0.116. The summed E-state index contributed by atoms with van der Waals surface area (Å²) < 4.78 is 5.15. The fraction of sp³-hybridized carbons (Fsp3) is 0.316. The Bertz CT molecular complexity index is 645. The predicted molar refractivity (Wildman–Crippen MR) is 95.8 cm³/mol. The molecule has 3 rings (SSSR count). The molecule has 1 aliphatic rings. The number of para-hydroxylation sites is 1. The van der Waals surface area contributed by atoms with Crippen molar-refractivity contribution in [2.24, 2.45) is 0 Å². The number of hydrogen-bond donors (Lipinski definition) is 1. The van der Waals surface area contributed by atoms with Crippen molar-refractivity contribution in [2.75, 3.05) is 44.2 Å². The smallest absolute Gasteiger partial charge is 0.244 e. The Hall–Kier alpha value is -2.53. The van der Waals surface area contributed by atoms with E-state index < -0.39 is 0 Å². The van der Waals surface area contributed by atoms with Gasteiger partial charge in [0, 0.05) is 51.0 Å². The summed E-state index contributed by atoms with van der Waals surface area (Å²) in [4.78, 5) is 16.5. The van der Waals surface area contributed by atoms with Crippen molar-refractivity contribution in [1.82, 2.24) is 10.2 Å². The van der Waals surface area contributed by atoms with Crippen LogP contribution in [0.5, 0.6) is 0 Å². The molecule has 0 bridgehead atoms. The summed E-state index contributed by atoms with van der Waals surface area (Å²) >= 11 is 0. The highest BCUT2D eigenvalue weighted by molar-refractivity contribution is 5.91. The van der Waals surface area contributed by atoms with Gasteiger partial charge in [-0.05, 0) is 30.3 Å². The number of carbonyl (C=O) groups is 1. The van der Waals surface area contributed by atoms with Gasteiger partial charge >= 0.3 is 0 Å². The molecule has 1 aromatic heterocycles. The van der Waals surface area contributed by atoms with E-state index in [2.05, 4.69) is 39.4 Å². The maximum atomic E-state index is 11.8. The van der Waals surface area contributed by atoms with Crippen LogP contribution in [0, 0.1) is 0 Å². The molecule has 1 saturated heterocycles. The predicted octanol–water partition coefficient (Wildman–Crippen LogP) is 2.23. The van der Waals surface area contributed by atoms with Gasteiger partial charge in [0.2, 0.25) is 5.91 Å². The van der Waals surface area contributed by atoms with E-state index in [1.165, 1.54) is 11.8 Å². The lowest BCUT2D eigenvalue weighted by atomic mass is 10.2. The van der Waals surface area contributed by atoms with Gasteiger partial charge in [-0.25, -0.2) is 0 Å². The highest BCUT2D eigenvalue weighted by Gasteiger charge is 2.16. The molecule has 0 saturated carbocycles. The summed E-state index contributed by atoms with van der Waals surface area (Å²) in [6, 6.07) is 14.1. The Kier molecular flexibility index (Phi) is 5.69. The number of nitrogens with one attached hydrogen (secondary N) is 1. The summed E-state index contributed by atoms with van der Waals surface area (Å²) in [7, 11) is 0. The molecule has 0 aliphatic carbocycles. The molecule has 0 radical (unpaired) electrons. The van der Waals surface area contributed by atoms with E-state index in [-0.39, 0.29) is 5.91 Å². The van der Waals surface area contributed by atoms with Crippen molar-refractivity contribution in [2.45, 2.75) is 0 Å². The van der Waals surface area contributed by atoms with Gasteiger partial charge in [-0.2, -0.15) is 0 Å². The molecule has 0 atom stereocenters. The van der Waals surface area contributed by atoms with E-state index in [1.807, 2.05) is 12.1 Å². The first-order valence-electron chi connectivity index (χ1n) is 8.33. The van der Waals surface area contributed by atoms with Crippen molar-refractivity contribution < 1.29 is 9.21 Å². The van der Waals surface area contributed by atoms with Gasteiger partial charge in [0.15, 0.2) is 0 Å². The number of nitrogens with zero attached hydrogens (tertiary/aromatic N) is 2. The number of benzene rings is 1. The van der Waals surface area contributed by atoms with Crippen LogP contribution in [-0.4, -0.2) is 50.1 Å². The average Bonchev–Trinajstić information content (AvgIpc) is 3.15. The third-order valence-corrected chi connectivity index (χ3v) is 4.16. The fourth-order valence-corrected chi connectivity index (χ4v) is 2.81. The highest BCUT2D eigenvalue weighted by atomic mass is 16.3. The van der Waals surface area contributed by atoms with Crippen molar-refractivity contribution in [1.29, 1.82) is 0 Å². The van der Waals surface area contributed by atoms with Crippen LogP contribution in [0.4, 0.5) is 5.69 Å². The molecule has 2 aromatic rings. The maximum absolute atomic E-state index is 11.8. The van der Waals surface area contributed by atoms with E-state index in [0.717, 1.165) is 32.7 Å². The van der Waals surface area contributed by atoms with Crippen molar-refractivity contribution >= 4 is 17.7 Å². The molecule has 1 N–H and O–H groups in total. The van der Waals surface area contributed by atoms with E-state index in [4.69, 9.17) is 4.42 Å². The van der Waals surface area contributed by atoms with Crippen molar-refractivity contribution in [3.05, 3.63) is 60.6 Å². The molecule has 0 spiro atoms. The minimum Gasteiger partial charge on any atom is -0.465 e. The first kappa shape index (κ1) is 16.3. The standard InChI is InChI=1S/C19H23N3O2/c23-19(9-8-18-7-4-16-24-18)20-10-11-21-12-14-22(15-13-21)17-5-2-1-3-6-17/h1-9,16H,10-15H2,(H,20,23)/b9-8+. The molecule has 5 nitrogen and oxygen atoms in total. The van der Waals surface area contributed by atoms with E-state index in [0.29, 0.717) is 12.3 Å². The first-order chi connectivity index (χ1) is 11.8. The molecular formula is C19H23N3O2. The molecule has 0 unspecified atom stereocenters. The van der Waals surface area contributed by atoms with Gasteiger partial charge in [0.1, 0.15) is 5.76 Å². The molecule has 2 heterocycles. The number of anilines is 1. The molecule has 1 aliphatic heterocycles. The van der Waals surface area contributed by atoms with Crippen molar-refractivity contribution in [3.63, 3.8) is 0 Å². The van der Waals surface area contributed by atoms with Gasteiger partial charge in [0.25, 0.3) is 0 Å². The minimum absolute atomic E-state index is 0.0886. The van der Waals surface area contributed by atoms with Gasteiger partial charge in [0.05, 0.1) is 6.26 Å². The lowest BCUT2D eigenvalue weighted by Gasteiger charge is -2.36. The Morgan fingerprint density at radius 1 is 1.08 bits per heavy atom. The number of carbonyl (C=O) groups excluding carboxylic acids is 1. The molecule has 5 heteroatoms. The van der Waals surface area contributed by atoms with Crippen LogP contribution in [0.1, 0.15) is 5.76 Å². The average molecular weight is 325 g/mol. The molecule has 1 aromatic carbocycles. The Balaban J connectivity index is 1.34. The molecule has 1 amide bonds. The van der Waals surface area contributed by atoms with Crippen LogP contribution in [0.15, 0.2) is 59.2 Å². The number of piperazine rings is 1. The summed E-state index contributed by atoms with van der Waals surface area (Å²) in [5.74, 6) is 0.594. The second kappa shape index (κ2) is 8.36. The van der Waals surface area contributed by atoms with Crippen LogP contribution in [0.2, 0.25) is 0 Å². The number of furan rings is 1. The lowest BCUT2D eigenvalue weighted by Crippen LogP contribution is -2.48. The van der Waals surface area contributed by atoms with Gasteiger partial charge in [-0.3, -0.25) is 9.69 Å². The largest absolute Gasteiger partial charge is 0.465 e. The maximum Gasteiger partial charge on any atom is 0.244 e. The zero-order valence-electron chi connectivity index (χ0n) is 13.7. The first-order valence-corrected chi connectivity index (χ1v) is 8.33. The quantitative estimate of drug-likeness (QED) is 0.828. The Morgan fingerprint density at radius 2 is 1.88 bits per heavy atom. The zero-order valence-corrected chi connectivity index (χ0v) is 13.7. The summed E-state index contributed by atoms with van der Waals surface area (Å²) in [5, 5.41) is 2.91. The topological polar surface area (TPSA) is 48.7 Å². The SMILES string of the molecule is O=C(/C=C/c1ccco1)NCCN1CCN(c2ccccc2)CC1. The molecular weight excluding hydrogens is 302 g/mol. The number of hydrogen-bond acceptors (Lipinski definition) is 4. The summed E-state index contributed by atoms with van der Waals surface area (Å²) in [6.07, 6.45) is 4.77. The Labute approximate surface area is 142 Å². The second-order valence-electron chi connectivity index (χ2n) is 5.80. The molecule has 126 valence electrons. The van der Waals surface area contributed by atoms with Crippen LogP contribution < -0.4 is 10.2 Å². The Morgan fingerprint density at radius 3 is 2.58 bits per heavy atom. The minimum atomic E-state index is -0.0886. The summed E-state index contributed by atoms with van der Waals surface area (Å²) in [5.41, 5.74) is 1.29. The van der Waals surface area contributed by atoms with Gasteiger partial charge < -0.3 is 14.6 Å². The zero-order chi connectivity index (χ0) is 16.6. The van der Waals surface area contributed by atoms with E-state index in [1.54, 1.807) is 18.4 Å². The van der Waals surface area contributed by atoms with Crippen LogP contribution in [-0.2, 0) is 4.79 Å². The monoisotopic (exact) mass is 325 g/mol. The van der Waals surface area contributed by atoms with Gasteiger partial charge in [-0.1, -0.05) is 18.2 Å².